The zero-order valence-electron chi connectivity index (χ0n) is 18.5. The van der Waals surface area contributed by atoms with Gasteiger partial charge in [0.25, 0.3) is 0 Å². The van der Waals surface area contributed by atoms with Gasteiger partial charge in [0, 0.05) is 11.1 Å². The van der Waals surface area contributed by atoms with Crippen molar-refractivity contribution in [3.63, 3.8) is 0 Å². The lowest BCUT2D eigenvalue weighted by atomic mass is 9.95. The van der Waals surface area contributed by atoms with Crippen molar-refractivity contribution in [2.45, 2.75) is 46.1 Å². The number of carboxylic acids is 1. The van der Waals surface area contributed by atoms with Gasteiger partial charge < -0.3 is 15.2 Å². The lowest BCUT2D eigenvalue weighted by Gasteiger charge is -2.12. The molecule has 0 saturated carbocycles. The Hall–Kier alpha value is -2.48. The molecule has 0 saturated heterocycles. The molecule has 1 aromatic heterocycles. The molecule has 3 rings (SSSR count). The zero-order chi connectivity index (χ0) is 23.1. The molecule has 0 aliphatic rings. The summed E-state index contributed by atoms with van der Waals surface area (Å²) in [6, 6.07) is 11.9. The van der Waals surface area contributed by atoms with Gasteiger partial charge in [0.15, 0.2) is 5.82 Å². The minimum atomic E-state index is -0.838. The summed E-state index contributed by atoms with van der Waals surface area (Å²) in [5, 5.41) is 13.0. The standard InChI is InChI=1S/C24H28ClN3O3S/c1-4-18-16(8-6-12-26-14-22(29)30)7-5-9-19(18)23-27-24(32-28-23)17-10-11-21(20(25)13-17)31-15(2)3/h5,7,9-11,13,15,26H,4,6,8,12,14H2,1-3H3,(H,29,30). The van der Waals surface area contributed by atoms with Gasteiger partial charge in [0.2, 0.25) is 0 Å². The number of aryl methyl sites for hydroxylation is 1. The summed E-state index contributed by atoms with van der Waals surface area (Å²) < 4.78 is 10.3. The van der Waals surface area contributed by atoms with Crippen molar-refractivity contribution >= 4 is 29.1 Å². The van der Waals surface area contributed by atoms with Crippen LogP contribution in [0.2, 0.25) is 5.02 Å². The van der Waals surface area contributed by atoms with E-state index < -0.39 is 5.97 Å². The van der Waals surface area contributed by atoms with E-state index in [0.717, 1.165) is 35.4 Å². The molecular formula is C24H28ClN3O3S. The smallest absolute Gasteiger partial charge is 0.317 e. The van der Waals surface area contributed by atoms with Crippen molar-refractivity contribution < 1.29 is 14.6 Å². The van der Waals surface area contributed by atoms with Gasteiger partial charge in [-0.3, -0.25) is 4.79 Å². The van der Waals surface area contributed by atoms with E-state index in [0.29, 0.717) is 23.1 Å². The largest absolute Gasteiger partial charge is 0.489 e. The second-order valence-corrected chi connectivity index (χ2v) is 8.86. The minimum absolute atomic E-state index is 0.0131. The molecule has 0 aliphatic carbocycles. The van der Waals surface area contributed by atoms with Gasteiger partial charge in [-0.15, -0.1) is 0 Å². The molecule has 0 unspecified atom stereocenters. The van der Waals surface area contributed by atoms with E-state index in [9.17, 15) is 4.79 Å². The maximum atomic E-state index is 10.6. The third-order valence-electron chi connectivity index (χ3n) is 4.91. The molecule has 6 nitrogen and oxygen atoms in total. The van der Waals surface area contributed by atoms with Gasteiger partial charge in [0.05, 0.1) is 17.7 Å². The molecule has 2 N–H and O–H groups in total. The van der Waals surface area contributed by atoms with Crippen LogP contribution in [0.1, 0.15) is 38.3 Å². The number of hydrogen-bond acceptors (Lipinski definition) is 6. The molecule has 2 aromatic carbocycles. The highest BCUT2D eigenvalue weighted by Gasteiger charge is 2.15. The maximum absolute atomic E-state index is 10.6. The highest BCUT2D eigenvalue weighted by atomic mass is 35.5. The average Bonchev–Trinajstić information content (AvgIpc) is 3.24. The Kier molecular flexibility index (Phi) is 8.61. The first kappa shape index (κ1) is 24.2. The normalized spacial score (nSPS) is 11.2. The van der Waals surface area contributed by atoms with Crippen molar-refractivity contribution in [1.29, 1.82) is 0 Å². The molecule has 32 heavy (non-hydrogen) atoms. The quantitative estimate of drug-likeness (QED) is 0.358. The Bertz CT molecular complexity index is 1070. The Balaban J connectivity index is 1.78. The number of carboxylic acid groups (broad SMARTS) is 1. The van der Waals surface area contributed by atoms with Crippen molar-refractivity contribution in [2.75, 3.05) is 13.1 Å². The van der Waals surface area contributed by atoms with Crippen molar-refractivity contribution in [2.24, 2.45) is 0 Å². The number of benzene rings is 2. The number of nitrogens with one attached hydrogen (secondary N) is 1. The van der Waals surface area contributed by atoms with E-state index in [1.807, 2.05) is 38.1 Å². The van der Waals surface area contributed by atoms with E-state index in [4.69, 9.17) is 26.4 Å². The third-order valence-corrected chi connectivity index (χ3v) is 5.97. The molecule has 1 heterocycles. The van der Waals surface area contributed by atoms with Crippen LogP contribution in [0.5, 0.6) is 5.75 Å². The van der Waals surface area contributed by atoms with E-state index in [2.05, 4.69) is 28.7 Å². The first-order chi connectivity index (χ1) is 15.4. The Morgan fingerprint density at radius 3 is 2.78 bits per heavy atom. The lowest BCUT2D eigenvalue weighted by molar-refractivity contribution is -0.135. The number of ether oxygens (including phenoxy) is 1. The molecule has 0 fully saturated rings. The predicted octanol–water partition coefficient (Wildman–Crippen LogP) is 5.48. The molecular weight excluding hydrogens is 446 g/mol. The summed E-state index contributed by atoms with van der Waals surface area (Å²) in [5.41, 5.74) is 4.43. The van der Waals surface area contributed by atoms with Gasteiger partial charge in [0.1, 0.15) is 10.8 Å². The third kappa shape index (κ3) is 6.28. The first-order valence-electron chi connectivity index (χ1n) is 10.7. The minimum Gasteiger partial charge on any atom is -0.489 e. The first-order valence-corrected chi connectivity index (χ1v) is 11.9. The lowest BCUT2D eigenvalue weighted by Crippen LogP contribution is -2.23. The topological polar surface area (TPSA) is 84.3 Å². The van der Waals surface area contributed by atoms with Crippen LogP contribution in [0.3, 0.4) is 0 Å². The van der Waals surface area contributed by atoms with E-state index in [1.165, 1.54) is 22.7 Å². The van der Waals surface area contributed by atoms with Crippen LogP contribution in [0.15, 0.2) is 36.4 Å². The maximum Gasteiger partial charge on any atom is 0.317 e. The van der Waals surface area contributed by atoms with Crippen LogP contribution in [0.25, 0.3) is 22.0 Å². The molecule has 0 amide bonds. The van der Waals surface area contributed by atoms with Crippen LogP contribution >= 0.6 is 23.1 Å². The number of hydrogen-bond donors (Lipinski definition) is 2. The van der Waals surface area contributed by atoms with Gasteiger partial charge >= 0.3 is 5.97 Å². The number of aromatic nitrogens is 2. The summed E-state index contributed by atoms with van der Waals surface area (Å²) in [6.07, 6.45) is 2.66. The zero-order valence-corrected chi connectivity index (χ0v) is 20.1. The SMILES string of the molecule is CCc1c(CCCNCC(=O)O)cccc1-c1nsc(-c2ccc(OC(C)C)c(Cl)c2)n1. The highest BCUT2D eigenvalue weighted by molar-refractivity contribution is 7.09. The van der Waals surface area contributed by atoms with Gasteiger partial charge in [-0.05, 0) is 80.5 Å². The average molecular weight is 474 g/mol. The number of rotatable bonds is 11. The number of halogens is 1. The molecule has 3 aromatic rings. The van der Waals surface area contributed by atoms with Crippen molar-refractivity contribution in [1.82, 2.24) is 14.7 Å². The van der Waals surface area contributed by atoms with Crippen molar-refractivity contribution in [3.8, 4) is 27.7 Å². The van der Waals surface area contributed by atoms with E-state index in [-0.39, 0.29) is 12.6 Å². The summed E-state index contributed by atoms with van der Waals surface area (Å²) >= 11 is 7.75. The van der Waals surface area contributed by atoms with E-state index >= 15 is 0 Å². The Morgan fingerprint density at radius 2 is 2.09 bits per heavy atom. The van der Waals surface area contributed by atoms with E-state index in [1.54, 1.807) is 0 Å². The van der Waals surface area contributed by atoms with Crippen LogP contribution in [-0.4, -0.2) is 39.6 Å². The summed E-state index contributed by atoms with van der Waals surface area (Å²) in [6.45, 7) is 6.71. The molecule has 170 valence electrons. The second kappa shape index (κ2) is 11.4. The van der Waals surface area contributed by atoms with Gasteiger partial charge in [-0.1, -0.05) is 36.7 Å². The summed E-state index contributed by atoms with van der Waals surface area (Å²) in [5.74, 6) is 0.537. The fraction of sp³-hybridized carbons (Fsp3) is 0.375. The molecule has 0 aliphatic heterocycles. The van der Waals surface area contributed by atoms with Crippen LogP contribution < -0.4 is 10.1 Å². The molecule has 0 radical (unpaired) electrons. The Morgan fingerprint density at radius 1 is 1.28 bits per heavy atom. The molecule has 0 atom stereocenters. The monoisotopic (exact) mass is 473 g/mol. The van der Waals surface area contributed by atoms with Crippen LogP contribution in [-0.2, 0) is 17.6 Å². The molecule has 8 heteroatoms. The van der Waals surface area contributed by atoms with Crippen LogP contribution in [0.4, 0.5) is 0 Å². The second-order valence-electron chi connectivity index (χ2n) is 7.71. The number of nitrogens with zero attached hydrogens (tertiary/aromatic N) is 2. The molecule has 0 bridgehead atoms. The predicted molar refractivity (Wildman–Crippen MR) is 130 cm³/mol. The van der Waals surface area contributed by atoms with Crippen LogP contribution in [0, 0.1) is 0 Å². The fourth-order valence-electron chi connectivity index (χ4n) is 3.53. The number of carbonyl (C=O) groups is 1. The highest BCUT2D eigenvalue weighted by Crippen LogP contribution is 2.34. The summed E-state index contributed by atoms with van der Waals surface area (Å²) in [4.78, 5) is 15.4. The summed E-state index contributed by atoms with van der Waals surface area (Å²) in [7, 11) is 0. The Labute approximate surface area is 197 Å². The number of aliphatic carboxylic acids is 1. The van der Waals surface area contributed by atoms with Gasteiger partial charge in [-0.25, -0.2) is 4.98 Å². The van der Waals surface area contributed by atoms with Crippen molar-refractivity contribution in [3.05, 3.63) is 52.5 Å². The molecule has 0 spiro atoms. The fourth-order valence-corrected chi connectivity index (χ4v) is 4.43. The van der Waals surface area contributed by atoms with Gasteiger partial charge in [-0.2, -0.15) is 4.37 Å².